The lowest BCUT2D eigenvalue weighted by atomic mass is 9.85. The van der Waals surface area contributed by atoms with Crippen molar-refractivity contribution >= 4 is 86.4 Å². The molecule has 0 radical (unpaired) electrons. The Bertz CT molecular complexity index is 3550. The Balaban J connectivity index is 1.13. The first kappa shape index (κ1) is 32.0. The second-order valence-electron chi connectivity index (χ2n) is 15.3. The first-order valence-corrected chi connectivity index (χ1v) is 19.9. The predicted octanol–water partition coefficient (Wildman–Crippen LogP) is 15.0. The summed E-state index contributed by atoms with van der Waals surface area (Å²) in [6.45, 7) is 2.18. The average Bonchev–Trinajstić information content (AvgIpc) is 3.66. The topological polar surface area (TPSA) is 17.8 Å². The van der Waals surface area contributed by atoms with E-state index >= 15 is 0 Å². The summed E-state index contributed by atoms with van der Waals surface area (Å²) in [5.41, 5.74) is 8.24. The van der Waals surface area contributed by atoms with Crippen molar-refractivity contribution in [1.82, 2.24) is 9.55 Å². The van der Waals surface area contributed by atoms with Crippen LogP contribution in [0.5, 0.6) is 0 Å². The monoisotopic (exact) mass is 724 g/mol. The fourth-order valence-corrected chi connectivity index (χ4v) is 9.84. The van der Waals surface area contributed by atoms with E-state index in [-0.39, 0.29) is 0 Å². The van der Waals surface area contributed by atoms with Crippen molar-refractivity contribution in [1.29, 1.82) is 0 Å². The van der Waals surface area contributed by atoms with Crippen molar-refractivity contribution < 1.29 is 0 Å². The summed E-state index contributed by atoms with van der Waals surface area (Å²) in [6.07, 6.45) is 0.862. The lowest BCUT2D eigenvalue weighted by Crippen LogP contribution is -2.00. The second-order valence-corrected chi connectivity index (χ2v) is 15.3. The van der Waals surface area contributed by atoms with Gasteiger partial charge in [-0.3, -0.25) is 4.57 Å². The number of nitrogens with zero attached hydrogens (tertiary/aromatic N) is 2. The fraction of sp³-hybridized carbons (Fsp3) is 0.0364. The van der Waals surface area contributed by atoms with E-state index in [2.05, 4.69) is 200 Å². The molecule has 12 rings (SSSR count). The first-order valence-electron chi connectivity index (χ1n) is 19.9. The minimum absolute atomic E-state index is 0.862. The van der Waals surface area contributed by atoms with E-state index in [1.807, 2.05) is 0 Å². The van der Waals surface area contributed by atoms with E-state index in [9.17, 15) is 0 Å². The Morgan fingerprint density at radius 2 is 0.860 bits per heavy atom. The lowest BCUT2D eigenvalue weighted by Gasteiger charge is -2.19. The number of aromatic nitrogens is 2. The summed E-state index contributed by atoms with van der Waals surface area (Å²) >= 11 is 0. The molecule has 2 nitrogen and oxygen atoms in total. The molecule has 0 saturated carbocycles. The highest BCUT2D eigenvalue weighted by atomic mass is 15.1. The van der Waals surface area contributed by atoms with Gasteiger partial charge in [0.15, 0.2) is 0 Å². The molecular weight excluding hydrogens is 689 g/mol. The minimum Gasteiger partial charge on any atom is -0.296 e. The van der Waals surface area contributed by atoms with Crippen molar-refractivity contribution in [2.24, 2.45) is 0 Å². The zero-order valence-corrected chi connectivity index (χ0v) is 31.5. The van der Waals surface area contributed by atoms with Crippen LogP contribution in [-0.2, 0) is 6.42 Å². The van der Waals surface area contributed by atoms with Crippen LogP contribution in [0.3, 0.4) is 0 Å². The molecule has 11 aromatic carbocycles. The molecule has 266 valence electrons. The van der Waals surface area contributed by atoms with Crippen molar-refractivity contribution in [3.8, 4) is 27.9 Å². The summed E-state index contributed by atoms with van der Waals surface area (Å²) < 4.78 is 2.30. The molecule has 0 aliphatic rings. The van der Waals surface area contributed by atoms with Crippen LogP contribution < -0.4 is 0 Å². The highest BCUT2D eigenvalue weighted by Crippen LogP contribution is 2.46. The second kappa shape index (κ2) is 12.4. The summed E-state index contributed by atoms with van der Waals surface area (Å²) in [4.78, 5) is 4.95. The SMILES string of the molecule is CCc1nc2ccccc2n1-c1ccc(-c2c3ccccc3c(-c3ccc4c(c3)c3ccccc3c3cccc5ccc6cccc4c6c53)c3ccccc23)cc1. The Morgan fingerprint density at radius 3 is 1.46 bits per heavy atom. The molecule has 0 aliphatic carbocycles. The zero-order chi connectivity index (χ0) is 37.6. The smallest absolute Gasteiger partial charge is 0.114 e. The van der Waals surface area contributed by atoms with E-state index in [0.29, 0.717) is 0 Å². The predicted molar refractivity (Wildman–Crippen MR) is 244 cm³/mol. The van der Waals surface area contributed by atoms with E-state index in [4.69, 9.17) is 4.98 Å². The zero-order valence-electron chi connectivity index (χ0n) is 31.5. The van der Waals surface area contributed by atoms with Gasteiger partial charge in [-0.2, -0.15) is 0 Å². The van der Waals surface area contributed by atoms with Gasteiger partial charge in [0.25, 0.3) is 0 Å². The van der Waals surface area contributed by atoms with Crippen molar-refractivity contribution in [3.63, 3.8) is 0 Å². The van der Waals surface area contributed by atoms with E-state index in [1.54, 1.807) is 0 Å². The first-order chi connectivity index (χ1) is 28.2. The molecule has 0 N–H and O–H groups in total. The van der Waals surface area contributed by atoms with Crippen LogP contribution >= 0.6 is 0 Å². The van der Waals surface area contributed by atoms with E-state index in [1.165, 1.54) is 97.7 Å². The highest BCUT2D eigenvalue weighted by Gasteiger charge is 2.19. The summed E-state index contributed by atoms with van der Waals surface area (Å²) in [5.74, 6) is 1.07. The normalized spacial score (nSPS) is 12.0. The Hall–Kier alpha value is -7.29. The molecule has 12 aromatic rings. The number of imidazole rings is 1. The number of fused-ring (bicyclic) bond motifs is 8. The number of para-hydroxylation sites is 2. The number of benzene rings is 10. The molecular formula is C55H36N2. The molecule has 2 heteroatoms. The molecule has 0 atom stereocenters. The van der Waals surface area contributed by atoms with Crippen molar-refractivity contribution in [3.05, 3.63) is 194 Å². The largest absolute Gasteiger partial charge is 0.296 e. The molecule has 0 bridgehead atoms. The van der Waals surface area contributed by atoms with Crippen LogP contribution in [0.25, 0.3) is 114 Å². The molecule has 1 aromatic heterocycles. The van der Waals surface area contributed by atoms with Crippen molar-refractivity contribution in [2.75, 3.05) is 0 Å². The van der Waals surface area contributed by atoms with Crippen LogP contribution in [0.2, 0.25) is 0 Å². The van der Waals surface area contributed by atoms with Crippen LogP contribution in [0, 0.1) is 0 Å². The molecule has 0 saturated heterocycles. The highest BCUT2D eigenvalue weighted by molar-refractivity contribution is 6.33. The van der Waals surface area contributed by atoms with Crippen LogP contribution in [0.4, 0.5) is 0 Å². The third-order valence-electron chi connectivity index (χ3n) is 12.3. The Kier molecular flexibility index (Phi) is 6.94. The average molecular weight is 725 g/mol. The van der Waals surface area contributed by atoms with Gasteiger partial charge in [-0.05, 0) is 128 Å². The van der Waals surface area contributed by atoms with Crippen molar-refractivity contribution in [2.45, 2.75) is 13.3 Å². The molecule has 0 spiro atoms. The number of aryl methyl sites for hydroxylation is 1. The van der Waals surface area contributed by atoms with Gasteiger partial charge >= 0.3 is 0 Å². The number of hydrogen-bond acceptors (Lipinski definition) is 1. The number of rotatable bonds is 4. The molecule has 0 aliphatic heterocycles. The lowest BCUT2D eigenvalue weighted by molar-refractivity contribution is 0.908. The van der Waals surface area contributed by atoms with Gasteiger partial charge in [-0.15, -0.1) is 0 Å². The maximum absolute atomic E-state index is 4.95. The number of hydrogen-bond donors (Lipinski definition) is 0. The van der Waals surface area contributed by atoms with Crippen LogP contribution in [0.1, 0.15) is 12.7 Å². The van der Waals surface area contributed by atoms with Gasteiger partial charge in [0.2, 0.25) is 0 Å². The summed E-state index contributed by atoms with van der Waals surface area (Å²) in [6, 6.07) is 69.7. The van der Waals surface area contributed by atoms with Gasteiger partial charge in [-0.25, -0.2) is 4.98 Å². The summed E-state index contributed by atoms with van der Waals surface area (Å²) in [5, 5.41) is 17.8. The Labute approximate surface area is 329 Å². The molecule has 57 heavy (non-hydrogen) atoms. The minimum atomic E-state index is 0.862. The van der Waals surface area contributed by atoms with E-state index < -0.39 is 0 Å². The maximum Gasteiger partial charge on any atom is 0.114 e. The molecule has 1 heterocycles. The van der Waals surface area contributed by atoms with Crippen LogP contribution in [0.15, 0.2) is 188 Å². The van der Waals surface area contributed by atoms with Crippen LogP contribution in [-0.4, -0.2) is 9.55 Å². The maximum atomic E-state index is 4.95. The van der Waals surface area contributed by atoms with Gasteiger partial charge in [-0.1, -0.05) is 165 Å². The van der Waals surface area contributed by atoms with Gasteiger partial charge in [0, 0.05) is 12.1 Å². The third kappa shape index (κ3) is 4.68. The van der Waals surface area contributed by atoms with Gasteiger partial charge in [0.1, 0.15) is 5.82 Å². The van der Waals surface area contributed by atoms with E-state index in [0.717, 1.165) is 29.0 Å². The Morgan fingerprint density at radius 1 is 0.386 bits per heavy atom. The standard InChI is InChI=1S/C55H36N2/c1-2-51-56-49-23-9-10-24-50(49)57(51)38-30-27-36(28-31-38)52-44-17-5-7-19-46(44)53(47-20-8-6-18-45(47)52)37-29-32-41-43-22-12-14-35-26-25-34-13-11-21-42(54(34)55(35)43)39-15-3-4-16-40(39)48(41)33-37/h3-33H,2H2,1H3. The fourth-order valence-electron chi connectivity index (χ4n) is 9.84. The third-order valence-corrected chi connectivity index (χ3v) is 12.3. The molecule has 0 amide bonds. The summed E-state index contributed by atoms with van der Waals surface area (Å²) in [7, 11) is 0. The van der Waals surface area contributed by atoms with Gasteiger partial charge < -0.3 is 0 Å². The quantitative estimate of drug-likeness (QED) is 0.131. The van der Waals surface area contributed by atoms with Gasteiger partial charge in [0.05, 0.1) is 11.0 Å². The molecule has 0 unspecified atom stereocenters. The molecule has 0 fully saturated rings.